The number of unbranched alkanes of at least 4 members (excludes halogenated alkanes) is 3. The fourth-order valence-corrected chi connectivity index (χ4v) is 11.2. The second-order valence-corrected chi connectivity index (χ2v) is 23.4. The molecular formula is C72H93N3O10. The van der Waals surface area contributed by atoms with E-state index in [9.17, 15) is 29.7 Å². The number of hydrogen-bond donors (Lipinski definition) is 3. The van der Waals surface area contributed by atoms with E-state index in [0.29, 0.717) is 80.9 Å². The van der Waals surface area contributed by atoms with Crippen molar-refractivity contribution in [3.8, 4) is 44.9 Å². The highest BCUT2D eigenvalue weighted by molar-refractivity contribution is 5.96. The van der Waals surface area contributed by atoms with E-state index >= 15 is 0 Å². The van der Waals surface area contributed by atoms with E-state index in [-0.39, 0.29) is 0 Å². The molecule has 0 saturated heterocycles. The van der Waals surface area contributed by atoms with E-state index in [1.807, 2.05) is 36.4 Å². The Bertz CT molecular complexity index is 3090. The van der Waals surface area contributed by atoms with Crippen LogP contribution in [0.3, 0.4) is 0 Å². The summed E-state index contributed by atoms with van der Waals surface area (Å²) in [5, 5.41) is 29.6. The van der Waals surface area contributed by atoms with Gasteiger partial charge in [0, 0.05) is 91.8 Å². The zero-order chi connectivity index (χ0) is 60.7. The van der Waals surface area contributed by atoms with Crippen LogP contribution in [0.5, 0.6) is 11.5 Å². The van der Waals surface area contributed by atoms with Gasteiger partial charge in [0.15, 0.2) is 0 Å². The van der Waals surface area contributed by atoms with Crippen molar-refractivity contribution in [3.05, 3.63) is 130 Å². The zero-order valence-corrected chi connectivity index (χ0v) is 51.6. The first-order valence-corrected chi connectivity index (χ1v) is 31.3. The maximum atomic E-state index is 12.2. The van der Waals surface area contributed by atoms with Gasteiger partial charge < -0.3 is 49.0 Å². The minimum atomic E-state index is -0.881. The Hall–Kier alpha value is -7.35. The lowest BCUT2D eigenvalue weighted by Crippen LogP contribution is -2.30. The molecule has 3 heterocycles. The molecule has 456 valence electrons. The highest BCUT2D eigenvalue weighted by Crippen LogP contribution is 2.41. The Morgan fingerprint density at radius 2 is 0.847 bits per heavy atom. The maximum absolute atomic E-state index is 12.2. The van der Waals surface area contributed by atoms with Crippen LogP contribution in [0.4, 0.5) is 17.1 Å². The summed E-state index contributed by atoms with van der Waals surface area (Å²) in [4.78, 5) is 43.3. The summed E-state index contributed by atoms with van der Waals surface area (Å²) in [5.74, 6) is -0.119. The number of carboxylic acid groups (broad SMARTS) is 3. The molecule has 3 N–H and O–H groups in total. The van der Waals surface area contributed by atoms with Gasteiger partial charge in [0.2, 0.25) is 0 Å². The smallest absolute Gasteiger partial charge is 0.331 e. The molecule has 5 aromatic rings. The first-order valence-electron chi connectivity index (χ1n) is 31.3. The van der Waals surface area contributed by atoms with E-state index in [4.69, 9.17) is 18.9 Å². The van der Waals surface area contributed by atoms with E-state index in [1.54, 1.807) is 0 Å². The molecule has 13 heteroatoms. The normalized spacial score (nSPS) is 16.2. The number of hydrogen-bond acceptors (Lipinski definition) is 10. The fraction of sp³-hybridized carbons (Fsp3) is 0.458. The summed E-state index contributed by atoms with van der Waals surface area (Å²) >= 11 is 0. The van der Waals surface area contributed by atoms with Crippen molar-refractivity contribution in [2.45, 2.75) is 126 Å². The van der Waals surface area contributed by atoms with Gasteiger partial charge in [-0.3, -0.25) is 0 Å². The monoisotopic (exact) mass is 1160 g/mol. The van der Waals surface area contributed by atoms with Gasteiger partial charge in [-0.1, -0.05) is 104 Å². The first kappa shape index (κ1) is 65.2. The van der Waals surface area contributed by atoms with Crippen LogP contribution in [0.25, 0.3) is 51.6 Å². The molecule has 13 nitrogen and oxygen atoms in total. The van der Waals surface area contributed by atoms with Gasteiger partial charge in [0.1, 0.15) is 24.7 Å². The van der Waals surface area contributed by atoms with Crippen LogP contribution >= 0.6 is 0 Å². The molecule has 8 rings (SSSR count). The van der Waals surface area contributed by atoms with E-state index in [1.165, 1.54) is 0 Å². The van der Waals surface area contributed by atoms with Crippen molar-refractivity contribution < 1.29 is 48.7 Å². The molecule has 0 atom stereocenters. The van der Waals surface area contributed by atoms with Crippen molar-refractivity contribution in [2.24, 2.45) is 11.8 Å². The predicted molar refractivity (Wildman–Crippen MR) is 347 cm³/mol. The molecular weight excluding hydrogens is 1070 g/mol. The molecule has 3 aliphatic rings. The summed E-state index contributed by atoms with van der Waals surface area (Å²) in [7, 11) is 0. The molecule has 0 amide bonds. The van der Waals surface area contributed by atoms with Gasteiger partial charge in [-0.05, 0) is 193 Å². The lowest BCUT2D eigenvalue weighted by atomic mass is 9.93. The number of benzene rings is 5. The number of aliphatic carboxylic acids is 3. The molecule has 0 radical (unpaired) electrons. The van der Waals surface area contributed by atoms with Gasteiger partial charge in [0.05, 0.1) is 13.2 Å². The SMILES string of the molecule is CCCCOCCOc1ccc(-c2ccc3c(c2)/C=C(/C(=O)O)CCCN3CC(C)C)cc1-c1ccc2c(c1)/C=C(/C(=O)O)CCCN2CC(C)C.CCCCOCCOc1ccc(-c2ccc3c(c2)/C=C(/C(=O)O)CCCN3CCCC)cc1. The molecule has 0 aromatic heterocycles. The third-order valence-electron chi connectivity index (χ3n) is 15.6. The van der Waals surface area contributed by atoms with Crippen LogP contribution < -0.4 is 24.2 Å². The Morgan fingerprint density at radius 3 is 1.32 bits per heavy atom. The summed E-state index contributed by atoms with van der Waals surface area (Å²) in [5.41, 5.74) is 13.2. The summed E-state index contributed by atoms with van der Waals surface area (Å²) in [6.07, 6.45) is 16.2. The number of nitrogens with zero attached hydrogens (tertiary/aromatic N) is 3. The Balaban J connectivity index is 0.000000270. The van der Waals surface area contributed by atoms with Crippen LogP contribution in [0.1, 0.15) is 142 Å². The first-order chi connectivity index (χ1) is 41.1. The summed E-state index contributed by atoms with van der Waals surface area (Å²) in [6, 6.07) is 33.3. The second kappa shape index (κ2) is 33.4. The minimum absolute atomic E-state index is 0.402. The highest BCUT2D eigenvalue weighted by atomic mass is 16.5. The third kappa shape index (κ3) is 19.3. The van der Waals surface area contributed by atoms with Gasteiger partial charge >= 0.3 is 17.9 Å². The maximum Gasteiger partial charge on any atom is 0.331 e. The number of fused-ring (bicyclic) bond motifs is 3. The molecule has 0 unspecified atom stereocenters. The van der Waals surface area contributed by atoms with Crippen molar-refractivity contribution >= 4 is 53.2 Å². The lowest BCUT2D eigenvalue weighted by molar-refractivity contribution is -0.133. The minimum Gasteiger partial charge on any atom is -0.491 e. The average Bonchev–Trinajstić information content (AvgIpc) is 2.97. The zero-order valence-electron chi connectivity index (χ0n) is 51.6. The van der Waals surface area contributed by atoms with Gasteiger partial charge in [0.25, 0.3) is 0 Å². The van der Waals surface area contributed by atoms with Crippen LogP contribution in [0, 0.1) is 11.8 Å². The molecule has 0 fully saturated rings. The van der Waals surface area contributed by atoms with Gasteiger partial charge in [-0.25, -0.2) is 14.4 Å². The molecule has 0 saturated carbocycles. The quantitative estimate of drug-likeness (QED) is 0.0427. The van der Waals surface area contributed by atoms with Crippen LogP contribution in [0.2, 0.25) is 0 Å². The van der Waals surface area contributed by atoms with Crippen molar-refractivity contribution in [3.63, 3.8) is 0 Å². The number of rotatable bonds is 27. The van der Waals surface area contributed by atoms with Crippen molar-refractivity contribution in [1.29, 1.82) is 0 Å². The Kier molecular flexibility index (Phi) is 25.6. The predicted octanol–water partition coefficient (Wildman–Crippen LogP) is 16.1. The standard InChI is InChI=1S/C44H56N2O6.C28H37NO4/c1-6-7-20-51-21-22-52-42-17-14-33(32-12-15-40-37(23-32)25-35(43(47)48)10-8-18-45(40)28-30(2)3)27-39(42)34-13-16-41-38(24-34)26-36(44(49)50)11-9-19-46(41)29-31(4)5;1-3-5-15-29-16-7-8-24(28(30)31)21-25-20-23(11-14-27(25)29)22-9-12-26(13-10-22)33-19-18-32-17-6-4-2/h12-17,23-27,30-31H,6-11,18-22,28-29H2,1-5H3,(H,47,48)(H,49,50);9-14,20-21H,3-8,15-19H2,1-2H3,(H,30,31)/b35-25+,36-26+;24-21+. The average molecular weight is 1160 g/mol. The molecule has 0 aliphatic carbocycles. The Labute approximate surface area is 506 Å². The number of carboxylic acids is 3. The van der Waals surface area contributed by atoms with Crippen LogP contribution in [0.15, 0.2) is 114 Å². The number of ether oxygens (including phenoxy) is 4. The van der Waals surface area contributed by atoms with Gasteiger partial charge in [-0.2, -0.15) is 0 Å². The second-order valence-electron chi connectivity index (χ2n) is 23.4. The Morgan fingerprint density at radius 1 is 0.447 bits per heavy atom. The number of anilines is 3. The van der Waals surface area contributed by atoms with Crippen molar-refractivity contribution in [2.75, 3.05) is 93.6 Å². The summed E-state index contributed by atoms with van der Waals surface area (Å²) < 4.78 is 23.5. The third-order valence-corrected chi connectivity index (χ3v) is 15.6. The van der Waals surface area contributed by atoms with Gasteiger partial charge in [-0.15, -0.1) is 0 Å². The van der Waals surface area contributed by atoms with Crippen molar-refractivity contribution in [1.82, 2.24) is 0 Å². The molecule has 3 aliphatic heterocycles. The largest absolute Gasteiger partial charge is 0.491 e. The van der Waals surface area contributed by atoms with Crippen LogP contribution in [-0.2, 0) is 23.9 Å². The lowest BCUT2D eigenvalue weighted by Gasteiger charge is -2.30. The molecule has 0 bridgehead atoms. The highest BCUT2D eigenvalue weighted by Gasteiger charge is 2.23. The summed E-state index contributed by atoms with van der Waals surface area (Å²) in [6.45, 7) is 24.1. The molecule has 0 spiro atoms. The fourth-order valence-electron chi connectivity index (χ4n) is 11.2. The molecule has 5 aromatic carbocycles. The number of carbonyl (C=O) groups is 3. The van der Waals surface area contributed by atoms with E-state index < -0.39 is 17.9 Å². The van der Waals surface area contributed by atoms with E-state index in [0.717, 1.165) is 182 Å². The topological polar surface area (TPSA) is 159 Å². The van der Waals surface area contributed by atoms with Crippen LogP contribution in [-0.4, -0.2) is 112 Å². The molecule has 85 heavy (non-hydrogen) atoms. The van der Waals surface area contributed by atoms with E-state index in [2.05, 4.69) is 142 Å².